The molecule has 1 heterocycles. The number of anilines is 1. The largest absolute Gasteiger partial charge is 0.454 e. The highest BCUT2D eigenvalue weighted by Gasteiger charge is 2.20. The van der Waals surface area contributed by atoms with Crippen molar-refractivity contribution in [1.29, 1.82) is 5.26 Å². The van der Waals surface area contributed by atoms with E-state index in [9.17, 15) is 14.4 Å². The third-order valence-corrected chi connectivity index (χ3v) is 3.97. The molecule has 2 amide bonds. The van der Waals surface area contributed by atoms with E-state index in [4.69, 9.17) is 21.6 Å². The van der Waals surface area contributed by atoms with Crippen LogP contribution < -0.4 is 5.32 Å². The monoisotopic (exact) mass is 363 g/mol. The molecule has 0 atom stereocenters. The minimum atomic E-state index is -0.642. The van der Waals surface area contributed by atoms with Crippen molar-refractivity contribution >= 4 is 35.1 Å². The molecule has 8 heteroatoms. The molecular weight excluding hydrogens is 346 g/mol. The number of benzene rings is 1. The van der Waals surface area contributed by atoms with Gasteiger partial charge in [0.15, 0.2) is 6.61 Å². The Hall–Kier alpha value is -2.59. The van der Waals surface area contributed by atoms with Crippen molar-refractivity contribution in [2.75, 3.05) is 25.0 Å². The second kappa shape index (κ2) is 9.04. The van der Waals surface area contributed by atoms with Crippen molar-refractivity contribution in [2.24, 2.45) is 0 Å². The lowest BCUT2D eigenvalue weighted by Gasteiger charge is -2.19. The van der Waals surface area contributed by atoms with E-state index in [0.717, 1.165) is 19.3 Å². The summed E-state index contributed by atoms with van der Waals surface area (Å²) in [4.78, 5) is 37.0. The average molecular weight is 364 g/mol. The van der Waals surface area contributed by atoms with Crippen LogP contribution in [0.3, 0.4) is 0 Å². The van der Waals surface area contributed by atoms with Gasteiger partial charge in [0.05, 0.1) is 11.3 Å². The van der Waals surface area contributed by atoms with Gasteiger partial charge in [0.1, 0.15) is 12.6 Å². The fourth-order valence-electron chi connectivity index (χ4n) is 2.46. The predicted molar refractivity (Wildman–Crippen MR) is 90.8 cm³/mol. The number of halogens is 1. The number of likely N-dealkylation sites (tertiary alicyclic amines) is 1. The summed E-state index contributed by atoms with van der Waals surface area (Å²) < 4.78 is 4.91. The SMILES string of the molecule is N#Cc1ccc(Cl)cc1NC(=O)COC(=O)CN1CCCCCC1=O. The normalized spacial score (nSPS) is 14.4. The minimum absolute atomic E-state index is 0.0727. The van der Waals surface area contributed by atoms with Crippen molar-refractivity contribution in [3.05, 3.63) is 28.8 Å². The van der Waals surface area contributed by atoms with E-state index < -0.39 is 18.5 Å². The Kier molecular flexibility index (Phi) is 6.78. The van der Waals surface area contributed by atoms with Crippen LogP contribution in [0.1, 0.15) is 31.2 Å². The maximum atomic E-state index is 11.9. The van der Waals surface area contributed by atoms with E-state index in [1.54, 1.807) is 0 Å². The summed E-state index contributed by atoms with van der Waals surface area (Å²) in [6.07, 6.45) is 3.07. The Bertz CT molecular complexity index is 714. The van der Waals surface area contributed by atoms with Gasteiger partial charge < -0.3 is 15.0 Å². The van der Waals surface area contributed by atoms with Crippen molar-refractivity contribution in [3.63, 3.8) is 0 Å². The van der Waals surface area contributed by atoms with E-state index in [0.29, 0.717) is 18.0 Å². The Morgan fingerprint density at radius 1 is 1.32 bits per heavy atom. The quantitative estimate of drug-likeness (QED) is 0.807. The fourth-order valence-corrected chi connectivity index (χ4v) is 2.63. The van der Waals surface area contributed by atoms with Crippen LogP contribution in [0.2, 0.25) is 5.02 Å². The van der Waals surface area contributed by atoms with E-state index in [2.05, 4.69) is 5.32 Å². The first-order valence-corrected chi connectivity index (χ1v) is 8.30. The number of nitrogens with one attached hydrogen (secondary N) is 1. The maximum absolute atomic E-state index is 11.9. The second-order valence-corrected chi connectivity index (χ2v) is 6.07. The molecule has 1 N–H and O–H groups in total. The van der Waals surface area contributed by atoms with Gasteiger partial charge in [-0.3, -0.25) is 14.4 Å². The molecule has 0 aromatic heterocycles. The zero-order chi connectivity index (χ0) is 18.2. The van der Waals surface area contributed by atoms with Crippen molar-refractivity contribution < 1.29 is 19.1 Å². The summed E-state index contributed by atoms with van der Waals surface area (Å²) in [7, 11) is 0. The van der Waals surface area contributed by atoms with E-state index in [1.807, 2.05) is 6.07 Å². The molecule has 0 unspecified atom stereocenters. The highest BCUT2D eigenvalue weighted by molar-refractivity contribution is 6.31. The van der Waals surface area contributed by atoms with Crippen molar-refractivity contribution in [2.45, 2.75) is 25.7 Å². The summed E-state index contributed by atoms with van der Waals surface area (Å²) >= 11 is 5.84. The first-order chi connectivity index (χ1) is 12.0. The minimum Gasteiger partial charge on any atom is -0.454 e. The molecule has 1 aromatic carbocycles. The van der Waals surface area contributed by atoms with E-state index in [-0.39, 0.29) is 23.7 Å². The predicted octanol–water partition coefficient (Wildman–Crippen LogP) is 2.10. The molecule has 132 valence electrons. The van der Waals surface area contributed by atoms with Crippen LogP contribution in [-0.2, 0) is 19.1 Å². The summed E-state index contributed by atoms with van der Waals surface area (Å²) in [6, 6.07) is 6.39. The number of hydrogen-bond acceptors (Lipinski definition) is 5. The molecule has 25 heavy (non-hydrogen) atoms. The molecule has 0 aliphatic carbocycles. The zero-order valence-electron chi connectivity index (χ0n) is 13.6. The van der Waals surface area contributed by atoms with Gasteiger partial charge in [-0.15, -0.1) is 0 Å². The lowest BCUT2D eigenvalue weighted by atomic mass is 10.2. The van der Waals surface area contributed by atoms with Crippen molar-refractivity contribution in [3.8, 4) is 6.07 Å². The van der Waals surface area contributed by atoms with Gasteiger partial charge >= 0.3 is 5.97 Å². The second-order valence-electron chi connectivity index (χ2n) is 5.64. The van der Waals surface area contributed by atoms with Crippen molar-refractivity contribution in [1.82, 2.24) is 4.90 Å². The highest BCUT2D eigenvalue weighted by atomic mass is 35.5. The van der Waals surface area contributed by atoms with Gasteiger partial charge in [-0.25, -0.2) is 0 Å². The van der Waals surface area contributed by atoms with Crippen LogP contribution in [0.5, 0.6) is 0 Å². The smallest absolute Gasteiger partial charge is 0.326 e. The topological polar surface area (TPSA) is 99.5 Å². The van der Waals surface area contributed by atoms with Crippen LogP contribution in [0.4, 0.5) is 5.69 Å². The number of hydrogen-bond donors (Lipinski definition) is 1. The summed E-state index contributed by atoms with van der Waals surface area (Å²) in [5, 5.41) is 11.8. The van der Waals surface area contributed by atoms with E-state index >= 15 is 0 Å². The number of esters is 1. The maximum Gasteiger partial charge on any atom is 0.326 e. The van der Waals surface area contributed by atoms with Crippen LogP contribution >= 0.6 is 11.6 Å². The van der Waals surface area contributed by atoms with E-state index in [1.165, 1.54) is 23.1 Å². The molecule has 1 aliphatic rings. The van der Waals surface area contributed by atoms with Gasteiger partial charge in [0, 0.05) is 18.0 Å². The van der Waals surface area contributed by atoms with Crippen LogP contribution in [0, 0.1) is 11.3 Å². The first-order valence-electron chi connectivity index (χ1n) is 7.92. The fraction of sp³-hybridized carbons (Fsp3) is 0.412. The average Bonchev–Trinajstić information content (AvgIpc) is 2.78. The van der Waals surface area contributed by atoms with Gasteiger partial charge in [0.25, 0.3) is 5.91 Å². The van der Waals surface area contributed by atoms with Crippen LogP contribution in [0.15, 0.2) is 18.2 Å². The number of nitriles is 1. The highest BCUT2D eigenvalue weighted by Crippen LogP contribution is 2.20. The number of rotatable bonds is 5. The Labute approximate surface area is 150 Å². The molecular formula is C17H18ClN3O4. The molecule has 0 radical (unpaired) electrons. The van der Waals surface area contributed by atoms with Gasteiger partial charge in [-0.1, -0.05) is 18.0 Å². The summed E-state index contributed by atoms with van der Waals surface area (Å²) in [6.45, 7) is -0.140. The third kappa shape index (κ3) is 5.76. The molecule has 0 saturated carbocycles. The van der Waals surface area contributed by atoms with Crippen LogP contribution in [0.25, 0.3) is 0 Å². The molecule has 1 fully saturated rings. The third-order valence-electron chi connectivity index (χ3n) is 3.73. The Morgan fingerprint density at radius 3 is 2.88 bits per heavy atom. The molecule has 0 spiro atoms. The summed E-state index contributed by atoms with van der Waals surface area (Å²) in [5.74, 6) is -1.30. The number of ether oxygens (including phenoxy) is 1. The molecule has 0 bridgehead atoms. The molecule has 1 aliphatic heterocycles. The lowest BCUT2D eigenvalue weighted by molar-refractivity contribution is -0.151. The number of amides is 2. The first kappa shape index (κ1) is 18.7. The number of nitrogens with zero attached hydrogens (tertiary/aromatic N) is 2. The number of carbonyl (C=O) groups excluding carboxylic acids is 3. The van der Waals surface area contributed by atoms with Gasteiger partial charge in [-0.05, 0) is 31.0 Å². The zero-order valence-corrected chi connectivity index (χ0v) is 14.3. The Balaban J connectivity index is 1.83. The lowest BCUT2D eigenvalue weighted by Crippen LogP contribution is -2.36. The van der Waals surface area contributed by atoms with Crippen LogP contribution in [-0.4, -0.2) is 42.4 Å². The Morgan fingerprint density at radius 2 is 2.12 bits per heavy atom. The molecule has 2 rings (SSSR count). The molecule has 7 nitrogen and oxygen atoms in total. The van der Waals surface area contributed by atoms with Gasteiger partial charge in [0.2, 0.25) is 5.91 Å². The molecule has 1 aromatic rings. The number of carbonyl (C=O) groups is 3. The molecule has 1 saturated heterocycles. The summed E-state index contributed by atoms with van der Waals surface area (Å²) in [5.41, 5.74) is 0.498. The standard InChI is InChI=1S/C17H18ClN3O4/c18-13-6-5-12(9-19)14(8-13)20-15(22)11-25-17(24)10-21-7-3-1-2-4-16(21)23/h5-6,8H,1-4,7,10-11H2,(H,20,22). The van der Waals surface area contributed by atoms with Gasteiger partial charge in [-0.2, -0.15) is 5.26 Å².